The van der Waals surface area contributed by atoms with Gasteiger partial charge in [0.1, 0.15) is 0 Å². The molecule has 0 bridgehead atoms. The van der Waals surface area contributed by atoms with Crippen LogP contribution in [0.4, 0.5) is 5.82 Å². The fourth-order valence-electron chi connectivity index (χ4n) is 1.29. The second kappa shape index (κ2) is 5.76. The minimum atomic E-state index is -0.840. The van der Waals surface area contributed by atoms with Crippen molar-refractivity contribution in [2.45, 2.75) is 6.42 Å². The SMILES string of the molecule is Cn1nc(NCCCS(C)=O)c(=O)n(C)c1=O. The minimum Gasteiger partial charge on any atom is -0.364 e. The number of aromatic nitrogens is 3. The molecule has 0 spiro atoms. The van der Waals surface area contributed by atoms with Crippen LogP contribution in [0.15, 0.2) is 9.59 Å². The van der Waals surface area contributed by atoms with Gasteiger partial charge < -0.3 is 5.32 Å². The van der Waals surface area contributed by atoms with E-state index in [1.807, 2.05) is 0 Å². The molecule has 0 radical (unpaired) electrons. The number of hydrogen-bond acceptors (Lipinski definition) is 5. The fourth-order valence-corrected chi connectivity index (χ4v) is 1.84. The Morgan fingerprint density at radius 1 is 1.35 bits per heavy atom. The molecule has 1 aromatic heterocycles. The maximum absolute atomic E-state index is 11.6. The topological polar surface area (TPSA) is 86.0 Å². The van der Waals surface area contributed by atoms with E-state index in [-0.39, 0.29) is 5.82 Å². The summed E-state index contributed by atoms with van der Waals surface area (Å²) in [5.74, 6) is 0.704. The number of nitrogens with one attached hydrogen (secondary N) is 1. The fraction of sp³-hybridized carbons (Fsp3) is 0.667. The minimum absolute atomic E-state index is 0.136. The third-order valence-corrected chi connectivity index (χ3v) is 3.09. The Bertz CT molecular complexity index is 534. The van der Waals surface area contributed by atoms with E-state index in [1.165, 1.54) is 14.1 Å². The summed E-state index contributed by atoms with van der Waals surface area (Å²) < 4.78 is 12.9. The van der Waals surface area contributed by atoms with Crippen molar-refractivity contribution in [3.05, 3.63) is 20.8 Å². The van der Waals surface area contributed by atoms with Crippen molar-refractivity contribution in [2.75, 3.05) is 23.9 Å². The molecule has 8 heteroatoms. The molecule has 1 aromatic rings. The van der Waals surface area contributed by atoms with Gasteiger partial charge in [0.05, 0.1) is 0 Å². The van der Waals surface area contributed by atoms with Gasteiger partial charge in [0.25, 0.3) is 5.56 Å². The third-order valence-electron chi connectivity index (χ3n) is 2.22. The first-order chi connectivity index (χ1) is 7.93. The average Bonchev–Trinajstić information content (AvgIpc) is 2.27. The Hall–Kier alpha value is -1.44. The summed E-state index contributed by atoms with van der Waals surface area (Å²) in [6.07, 6.45) is 2.31. The lowest BCUT2D eigenvalue weighted by Gasteiger charge is -2.07. The summed E-state index contributed by atoms with van der Waals surface area (Å²) in [5, 5.41) is 6.67. The van der Waals surface area contributed by atoms with Gasteiger partial charge in [-0.1, -0.05) is 0 Å². The molecule has 0 aromatic carbocycles. The quantitative estimate of drug-likeness (QED) is 0.662. The molecule has 17 heavy (non-hydrogen) atoms. The zero-order valence-electron chi connectivity index (χ0n) is 10.1. The van der Waals surface area contributed by atoms with Crippen molar-refractivity contribution < 1.29 is 4.21 Å². The lowest BCUT2D eigenvalue weighted by Crippen LogP contribution is -2.40. The van der Waals surface area contributed by atoms with E-state index in [1.54, 1.807) is 6.26 Å². The van der Waals surface area contributed by atoms with Gasteiger partial charge >= 0.3 is 5.69 Å². The second-order valence-electron chi connectivity index (χ2n) is 3.68. The van der Waals surface area contributed by atoms with Crippen LogP contribution in [0.25, 0.3) is 0 Å². The van der Waals surface area contributed by atoms with Crippen molar-refractivity contribution in [3.8, 4) is 0 Å². The lowest BCUT2D eigenvalue weighted by molar-refractivity contribution is 0.604. The van der Waals surface area contributed by atoms with Gasteiger partial charge in [-0.15, -0.1) is 5.10 Å². The summed E-state index contributed by atoms with van der Waals surface area (Å²) in [5.41, 5.74) is -0.916. The first-order valence-electron chi connectivity index (χ1n) is 5.11. The molecule has 0 aliphatic carbocycles. The molecule has 0 aliphatic rings. The van der Waals surface area contributed by atoms with Gasteiger partial charge in [0.2, 0.25) is 5.82 Å². The molecular formula is C9H16N4O3S. The molecular weight excluding hydrogens is 244 g/mol. The molecule has 0 saturated heterocycles. The highest BCUT2D eigenvalue weighted by Gasteiger charge is 2.07. The summed E-state index contributed by atoms with van der Waals surface area (Å²) in [6.45, 7) is 0.500. The molecule has 0 fully saturated rings. The van der Waals surface area contributed by atoms with Crippen molar-refractivity contribution in [3.63, 3.8) is 0 Å². The highest BCUT2D eigenvalue weighted by Crippen LogP contribution is 1.91. The van der Waals surface area contributed by atoms with Crippen LogP contribution >= 0.6 is 0 Å². The van der Waals surface area contributed by atoms with Crippen molar-refractivity contribution in [2.24, 2.45) is 14.1 Å². The predicted octanol–water partition coefficient (Wildman–Crippen LogP) is -1.34. The molecule has 1 atom stereocenters. The van der Waals surface area contributed by atoms with Crippen LogP contribution in [-0.2, 0) is 24.9 Å². The largest absolute Gasteiger partial charge is 0.364 e. The van der Waals surface area contributed by atoms with Crippen molar-refractivity contribution >= 4 is 16.6 Å². The number of nitrogens with zero attached hydrogens (tertiary/aromatic N) is 3. The molecule has 0 amide bonds. The van der Waals surface area contributed by atoms with Crippen molar-refractivity contribution in [1.29, 1.82) is 0 Å². The summed E-state index contributed by atoms with van der Waals surface area (Å²) in [6, 6.07) is 0. The van der Waals surface area contributed by atoms with Crippen LogP contribution in [0.5, 0.6) is 0 Å². The molecule has 0 aliphatic heterocycles. The molecule has 96 valence electrons. The van der Waals surface area contributed by atoms with Gasteiger partial charge in [-0.2, -0.15) is 0 Å². The number of anilines is 1. The third kappa shape index (κ3) is 3.52. The van der Waals surface area contributed by atoms with Crippen LogP contribution in [0.1, 0.15) is 6.42 Å². The number of hydrogen-bond donors (Lipinski definition) is 1. The zero-order chi connectivity index (χ0) is 13.0. The second-order valence-corrected chi connectivity index (χ2v) is 5.23. The van der Waals surface area contributed by atoms with Crippen LogP contribution in [0.3, 0.4) is 0 Å². The van der Waals surface area contributed by atoms with E-state index >= 15 is 0 Å². The summed E-state index contributed by atoms with van der Waals surface area (Å²) in [4.78, 5) is 23.0. The van der Waals surface area contributed by atoms with E-state index in [9.17, 15) is 13.8 Å². The van der Waals surface area contributed by atoms with Crippen LogP contribution < -0.4 is 16.6 Å². The van der Waals surface area contributed by atoms with Gasteiger partial charge in [0, 0.05) is 43.4 Å². The molecule has 0 saturated carbocycles. The Morgan fingerprint density at radius 3 is 2.59 bits per heavy atom. The summed E-state index contributed by atoms with van der Waals surface area (Å²) in [7, 11) is 2.04. The van der Waals surface area contributed by atoms with E-state index in [0.717, 1.165) is 9.25 Å². The van der Waals surface area contributed by atoms with E-state index in [0.29, 0.717) is 18.7 Å². The van der Waals surface area contributed by atoms with Crippen LogP contribution in [0, 0.1) is 0 Å². The smallest absolute Gasteiger partial charge is 0.346 e. The van der Waals surface area contributed by atoms with E-state index in [2.05, 4.69) is 10.4 Å². The monoisotopic (exact) mass is 260 g/mol. The molecule has 1 unspecified atom stereocenters. The molecule has 1 N–H and O–H groups in total. The first kappa shape index (κ1) is 13.6. The first-order valence-corrected chi connectivity index (χ1v) is 6.84. The van der Waals surface area contributed by atoms with Gasteiger partial charge in [0.15, 0.2) is 0 Å². The Labute approximate surface area is 101 Å². The van der Waals surface area contributed by atoms with Gasteiger partial charge in [-0.05, 0) is 6.42 Å². The average molecular weight is 260 g/mol. The van der Waals surface area contributed by atoms with Crippen LogP contribution in [0.2, 0.25) is 0 Å². The van der Waals surface area contributed by atoms with Crippen LogP contribution in [-0.4, -0.2) is 37.1 Å². The maximum Gasteiger partial charge on any atom is 0.346 e. The Kier molecular flexibility index (Phi) is 4.62. The zero-order valence-corrected chi connectivity index (χ0v) is 10.9. The van der Waals surface area contributed by atoms with Gasteiger partial charge in [-0.3, -0.25) is 13.6 Å². The highest BCUT2D eigenvalue weighted by molar-refractivity contribution is 7.84. The molecule has 1 heterocycles. The van der Waals surface area contributed by atoms with Gasteiger partial charge in [-0.25, -0.2) is 9.48 Å². The Morgan fingerprint density at radius 2 is 2.00 bits per heavy atom. The Balaban J connectivity index is 2.76. The predicted molar refractivity (Wildman–Crippen MR) is 66.8 cm³/mol. The van der Waals surface area contributed by atoms with Crippen molar-refractivity contribution in [1.82, 2.24) is 14.3 Å². The summed E-state index contributed by atoms with van der Waals surface area (Å²) >= 11 is 0. The number of rotatable bonds is 5. The maximum atomic E-state index is 11.6. The molecule has 7 nitrogen and oxygen atoms in total. The highest BCUT2D eigenvalue weighted by atomic mass is 32.2. The lowest BCUT2D eigenvalue weighted by atomic mass is 10.5. The normalized spacial score (nSPS) is 12.4. The van der Waals surface area contributed by atoms with E-state index < -0.39 is 22.0 Å². The standard InChI is InChI=1S/C9H16N4O3S/c1-12-8(14)7(11-13(2)9(12)15)10-5-4-6-17(3)16/h4-6H2,1-3H3,(H,10,11). The molecule has 1 rings (SSSR count). The van der Waals surface area contributed by atoms with E-state index in [4.69, 9.17) is 0 Å². The number of aryl methyl sites for hydroxylation is 1.